The molecule has 0 bridgehead atoms. The smallest absolute Gasteiger partial charge is 0.289 e. The first-order chi connectivity index (χ1) is 11.8. The van der Waals surface area contributed by atoms with E-state index < -0.39 is 0 Å². The molecule has 126 valence electrons. The molecule has 5 nitrogen and oxygen atoms in total. The Morgan fingerprint density at radius 2 is 2.04 bits per heavy atom. The summed E-state index contributed by atoms with van der Waals surface area (Å²) in [6.07, 6.45) is 3.37. The number of benzene rings is 1. The van der Waals surface area contributed by atoms with Crippen LogP contribution in [0.2, 0.25) is 0 Å². The van der Waals surface area contributed by atoms with Gasteiger partial charge in [-0.3, -0.25) is 4.79 Å². The Morgan fingerprint density at radius 3 is 2.92 bits per heavy atom. The number of nitrogens with zero attached hydrogens (tertiary/aromatic N) is 1. The van der Waals surface area contributed by atoms with Crippen LogP contribution in [0.4, 0.5) is 0 Å². The van der Waals surface area contributed by atoms with E-state index in [0.29, 0.717) is 31.3 Å². The molecule has 1 aliphatic heterocycles. The van der Waals surface area contributed by atoms with E-state index in [-0.39, 0.29) is 18.1 Å². The normalized spacial score (nSPS) is 23.1. The topological polar surface area (TPSA) is 51.9 Å². The number of para-hydroxylation sites is 1. The Hall–Kier alpha value is -2.27. The van der Waals surface area contributed by atoms with Crippen molar-refractivity contribution in [2.75, 3.05) is 13.2 Å². The first kappa shape index (κ1) is 15.3. The van der Waals surface area contributed by atoms with Crippen LogP contribution in [0.3, 0.4) is 0 Å². The van der Waals surface area contributed by atoms with Gasteiger partial charge >= 0.3 is 0 Å². The molecule has 1 saturated heterocycles. The van der Waals surface area contributed by atoms with Crippen molar-refractivity contribution in [3.63, 3.8) is 0 Å². The van der Waals surface area contributed by atoms with Crippen LogP contribution in [0.5, 0.6) is 5.75 Å². The number of rotatable bonds is 4. The molecule has 2 heterocycles. The van der Waals surface area contributed by atoms with Gasteiger partial charge < -0.3 is 18.8 Å². The summed E-state index contributed by atoms with van der Waals surface area (Å²) in [6, 6.07) is 13.3. The SMILES string of the molecule is O=C(c1ccc(COc2ccccc2)o1)N1CCO[C@@H]2CCC[C@H]21. The van der Waals surface area contributed by atoms with Gasteiger partial charge in [-0.25, -0.2) is 0 Å². The van der Waals surface area contributed by atoms with Gasteiger partial charge in [0.25, 0.3) is 5.91 Å². The van der Waals surface area contributed by atoms with Crippen molar-refractivity contribution in [1.82, 2.24) is 4.90 Å². The minimum Gasteiger partial charge on any atom is -0.486 e. The fraction of sp³-hybridized carbons (Fsp3) is 0.421. The highest BCUT2D eigenvalue weighted by Gasteiger charge is 2.39. The molecule has 5 heteroatoms. The van der Waals surface area contributed by atoms with E-state index in [1.54, 1.807) is 6.07 Å². The quantitative estimate of drug-likeness (QED) is 0.865. The van der Waals surface area contributed by atoms with Crippen molar-refractivity contribution in [3.8, 4) is 5.75 Å². The summed E-state index contributed by atoms with van der Waals surface area (Å²) in [7, 11) is 0. The highest BCUT2D eigenvalue weighted by atomic mass is 16.5. The lowest BCUT2D eigenvalue weighted by atomic mass is 10.1. The Balaban J connectivity index is 1.41. The fourth-order valence-electron chi connectivity index (χ4n) is 3.56. The van der Waals surface area contributed by atoms with Gasteiger partial charge in [0.15, 0.2) is 5.76 Å². The first-order valence-corrected chi connectivity index (χ1v) is 8.50. The molecule has 24 heavy (non-hydrogen) atoms. The number of amides is 1. The largest absolute Gasteiger partial charge is 0.486 e. The van der Waals surface area contributed by atoms with E-state index in [4.69, 9.17) is 13.9 Å². The molecule has 0 N–H and O–H groups in total. The summed E-state index contributed by atoms with van der Waals surface area (Å²) in [5.41, 5.74) is 0. The van der Waals surface area contributed by atoms with E-state index in [1.165, 1.54) is 0 Å². The van der Waals surface area contributed by atoms with Crippen LogP contribution in [0.15, 0.2) is 46.9 Å². The molecule has 1 aromatic heterocycles. The average Bonchev–Trinajstić information content (AvgIpc) is 3.29. The summed E-state index contributed by atoms with van der Waals surface area (Å²) < 4.78 is 17.1. The average molecular weight is 327 g/mol. The molecule has 1 aliphatic carbocycles. The fourth-order valence-corrected chi connectivity index (χ4v) is 3.56. The van der Waals surface area contributed by atoms with Crippen molar-refractivity contribution in [2.24, 2.45) is 0 Å². The number of morpholine rings is 1. The van der Waals surface area contributed by atoms with Gasteiger partial charge in [0.2, 0.25) is 0 Å². The molecule has 1 saturated carbocycles. The predicted molar refractivity (Wildman–Crippen MR) is 87.9 cm³/mol. The number of ether oxygens (including phenoxy) is 2. The summed E-state index contributed by atoms with van der Waals surface area (Å²) in [5.74, 6) is 1.78. The molecule has 2 fully saturated rings. The molecular weight excluding hydrogens is 306 g/mol. The van der Waals surface area contributed by atoms with Gasteiger partial charge in [-0.15, -0.1) is 0 Å². The minimum atomic E-state index is -0.0406. The number of hydrogen-bond acceptors (Lipinski definition) is 4. The van der Waals surface area contributed by atoms with Crippen molar-refractivity contribution < 1.29 is 18.7 Å². The monoisotopic (exact) mass is 327 g/mol. The standard InChI is InChI=1S/C19H21NO4/c21-19(20-11-12-22-17-8-4-7-16(17)20)18-10-9-15(24-18)13-23-14-5-2-1-3-6-14/h1-3,5-6,9-10,16-17H,4,7-8,11-13H2/t16-,17-/m1/s1. The van der Waals surface area contributed by atoms with Crippen LogP contribution in [0, 0.1) is 0 Å². The van der Waals surface area contributed by atoms with Crippen LogP contribution in [-0.4, -0.2) is 36.1 Å². The Kier molecular flexibility index (Phi) is 4.26. The molecule has 2 aromatic rings. The third-order valence-electron chi connectivity index (χ3n) is 4.74. The summed E-state index contributed by atoms with van der Waals surface area (Å²) in [6.45, 7) is 1.56. The van der Waals surface area contributed by atoms with Gasteiger partial charge in [-0.1, -0.05) is 18.2 Å². The molecule has 4 rings (SSSR count). The maximum atomic E-state index is 12.8. The zero-order valence-electron chi connectivity index (χ0n) is 13.5. The van der Waals surface area contributed by atoms with Gasteiger partial charge in [0.1, 0.15) is 18.1 Å². The number of fused-ring (bicyclic) bond motifs is 1. The van der Waals surface area contributed by atoms with E-state index in [9.17, 15) is 4.79 Å². The second-order valence-electron chi connectivity index (χ2n) is 6.27. The Labute approximate surface area is 141 Å². The minimum absolute atomic E-state index is 0.0406. The van der Waals surface area contributed by atoms with Crippen LogP contribution in [-0.2, 0) is 11.3 Å². The Morgan fingerprint density at radius 1 is 1.17 bits per heavy atom. The van der Waals surface area contributed by atoms with Crippen molar-refractivity contribution >= 4 is 5.91 Å². The molecule has 2 aliphatic rings. The number of carbonyl (C=O) groups is 1. The number of furan rings is 1. The van der Waals surface area contributed by atoms with Crippen LogP contribution < -0.4 is 4.74 Å². The Bertz CT molecular complexity index is 696. The maximum absolute atomic E-state index is 12.8. The molecule has 0 radical (unpaired) electrons. The molecule has 0 unspecified atom stereocenters. The van der Waals surface area contributed by atoms with Crippen LogP contribution >= 0.6 is 0 Å². The second kappa shape index (κ2) is 6.69. The molecule has 1 aromatic carbocycles. The number of carbonyl (C=O) groups excluding carboxylic acids is 1. The molecule has 2 atom stereocenters. The van der Waals surface area contributed by atoms with Crippen molar-refractivity contribution in [2.45, 2.75) is 38.0 Å². The molecule has 0 spiro atoms. The second-order valence-corrected chi connectivity index (χ2v) is 6.27. The molecular formula is C19H21NO4. The third kappa shape index (κ3) is 3.04. The highest BCUT2D eigenvalue weighted by molar-refractivity contribution is 5.92. The lowest BCUT2D eigenvalue weighted by Gasteiger charge is -2.37. The zero-order chi connectivity index (χ0) is 16.4. The maximum Gasteiger partial charge on any atom is 0.289 e. The molecule has 1 amide bonds. The van der Waals surface area contributed by atoms with Gasteiger partial charge in [-0.05, 0) is 43.5 Å². The van der Waals surface area contributed by atoms with Gasteiger partial charge in [0, 0.05) is 6.54 Å². The summed E-state index contributed by atoms with van der Waals surface area (Å²) in [5, 5.41) is 0. The third-order valence-corrected chi connectivity index (χ3v) is 4.74. The van der Waals surface area contributed by atoms with E-state index in [1.807, 2.05) is 41.3 Å². The van der Waals surface area contributed by atoms with E-state index in [2.05, 4.69) is 0 Å². The summed E-state index contributed by atoms with van der Waals surface area (Å²) >= 11 is 0. The first-order valence-electron chi connectivity index (χ1n) is 8.50. The van der Waals surface area contributed by atoms with Crippen LogP contribution in [0.1, 0.15) is 35.6 Å². The van der Waals surface area contributed by atoms with Crippen molar-refractivity contribution in [1.29, 1.82) is 0 Å². The zero-order valence-corrected chi connectivity index (χ0v) is 13.5. The highest BCUT2D eigenvalue weighted by Crippen LogP contribution is 2.30. The van der Waals surface area contributed by atoms with Crippen molar-refractivity contribution in [3.05, 3.63) is 54.0 Å². The van der Waals surface area contributed by atoms with E-state index in [0.717, 1.165) is 25.0 Å². The summed E-state index contributed by atoms with van der Waals surface area (Å²) in [4.78, 5) is 14.7. The lowest BCUT2D eigenvalue weighted by Crippen LogP contribution is -2.51. The van der Waals surface area contributed by atoms with Gasteiger partial charge in [0.05, 0.1) is 18.8 Å². The van der Waals surface area contributed by atoms with Crippen LogP contribution in [0.25, 0.3) is 0 Å². The lowest BCUT2D eigenvalue weighted by molar-refractivity contribution is -0.0454. The van der Waals surface area contributed by atoms with Gasteiger partial charge in [-0.2, -0.15) is 0 Å². The number of hydrogen-bond donors (Lipinski definition) is 0. The van der Waals surface area contributed by atoms with E-state index >= 15 is 0 Å². The predicted octanol–water partition coefficient (Wildman–Crippen LogP) is 3.25.